The fourth-order valence-corrected chi connectivity index (χ4v) is 3.70. The molecule has 1 aliphatic carbocycles. The van der Waals surface area contributed by atoms with Crippen molar-refractivity contribution >= 4 is 5.91 Å². The molecule has 0 bridgehead atoms. The Hall–Kier alpha value is -0.610. The second kappa shape index (κ2) is 7.10. The minimum Gasteiger partial charge on any atom is -0.341 e. The maximum atomic E-state index is 12.6. The number of piperidine rings is 2. The molecule has 0 aromatic rings. The maximum absolute atomic E-state index is 12.6. The fourth-order valence-electron chi connectivity index (χ4n) is 3.70. The van der Waals surface area contributed by atoms with Crippen molar-refractivity contribution in [2.75, 3.05) is 32.7 Å². The molecular weight excluding hydrogens is 262 g/mol. The van der Waals surface area contributed by atoms with Crippen LogP contribution >= 0.6 is 0 Å². The van der Waals surface area contributed by atoms with E-state index in [4.69, 9.17) is 0 Å². The van der Waals surface area contributed by atoms with Crippen molar-refractivity contribution in [2.24, 2.45) is 5.92 Å². The van der Waals surface area contributed by atoms with E-state index in [-0.39, 0.29) is 6.04 Å². The van der Waals surface area contributed by atoms with Crippen molar-refractivity contribution in [3.63, 3.8) is 0 Å². The smallest absolute Gasteiger partial charge is 0.239 e. The first-order valence-electron chi connectivity index (χ1n) is 9.00. The van der Waals surface area contributed by atoms with Gasteiger partial charge < -0.3 is 10.2 Å². The Bertz CT molecular complexity index is 342. The average molecular weight is 293 g/mol. The lowest BCUT2D eigenvalue weighted by atomic mass is 9.95. The molecule has 0 spiro atoms. The Morgan fingerprint density at radius 2 is 1.71 bits per heavy atom. The first-order valence-corrected chi connectivity index (χ1v) is 9.00. The van der Waals surface area contributed by atoms with Crippen LogP contribution in [0.3, 0.4) is 0 Å². The van der Waals surface area contributed by atoms with Gasteiger partial charge in [0, 0.05) is 19.1 Å². The van der Waals surface area contributed by atoms with Crippen LogP contribution in [0.25, 0.3) is 0 Å². The molecule has 4 nitrogen and oxygen atoms in total. The van der Waals surface area contributed by atoms with E-state index in [1.165, 1.54) is 51.5 Å². The number of likely N-dealkylation sites (tertiary alicyclic amines) is 2. The second-order valence-corrected chi connectivity index (χ2v) is 7.22. The number of nitrogens with one attached hydrogen (secondary N) is 1. The average Bonchev–Trinajstić information content (AvgIpc) is 3.37. The van der Waals surface area contributed by atoms with Crippen molar-refractivity contribution in [3.8, 4) is 0 Å². The number of carbonyl (C=O) groups is 1. The standard InChI is InChI=1S/C17H31N3O/c1-14(17(21)20-9-3-2-4-10-20)19-11-7-15(8-12-19)13-18-16-5-6-16/h14-16,18H,2-13H2,1H3. The van der Waals surface area contributed by atoms with Gasteiger partial charge in [0.15, 0.2) is 0 Å². The van der Waals surface area contributed by atoms with E-state index in [1.807, 2.05) is 0 Å². The number of nitrogens with zero attached hydrogens (tertiary/aromatic N) is 2. The molecule has 2 aliphatic heterocycles. The van der Waals surface area contributed by atoms with Crippen LogP contribution in [-0.2, 0) is 4.79 Å². The summed E-state index contributed by atoms with van der Waals surface area (Å²) in [6.45, 7) is 7.44. The first-order chi connectivity index (χ1) is 10.2. The molecule has 0 aromatic carbocycles. The quantitative estimate of drug-likeness (QED) is 0.840. The van der Waals surface area contributed by atoms with E-state index >= 15 is 0 Å². The van der Waals surface area contributed by atoms with Crippen LogP contribution in [0.15, 0.2) is 0 Å². The molecule has 1 unspecified atom stereocenters. The molecule has 21 heavy (non-hydrogen) atoms. The monoisotopic (exact) mass is 293 g/mol. The molecule has 1 amide bonds. The number of amides is 1. The van der Waals surface area contributed by atoms with E-state index in [9.17, 15) is 4.79 Å². The van der Waals surface area contributed by atoms with Crippen molar-refractivity contribution < 1.29 is 4.79 Å². The first kappa shape index (κ1) is 15.3. The zero-order chi connectivity index (χ0) is 14.7. The molecule has 1 N–H and O–H groups in total. The van der Waals surface area contributed by atoms with Gasteiger partial charge in [-0.3, -0.25) is 9.69 Å². The van der Waals surface area contributed by atoms with Gasteiger partial charge in [-0.1, -0.05) is 0 Å². The van der Waals surface area contributed by atoms with Crippen LogP contribution in [0.2, 0.25) is 0 Å². The zero-order valence-corrected chi connectivity index (χ0v) is 13.5. The van der Waals surface area contributed by atoms with Gasteiger partial charge in [0.1, 0.15) is 0 Å². The van der Waals surface area contributed by atoms with Gasteiger partial charge in [-0.25, -0.2) is 0 Å². The summed E-state index contributed by atoms with van der Waals surface area (Å²) in [4.78, 5) is 17.1. The summed E-state index contributed by atoms with van der Waals surface area (Å²) in [5.41, 5.74) is 0. The highest BCUT2D eigenvalue weighted by Gasteiger charge is 2.30. The highest BCUT2D eigenvalue weighted by molar-refractivity contribution is 5.81. The van der Waals surface area contributed by atoms with Gasteiger partial charge in [-0.2, -0.15) is 0 Å². The largest absolute Gasteiger partial charge is 0.341 e. The summed E-state index contributed by atoms with van der Waals surface area (Å²) >= 11 is 0. The van der Waals surface area contributed by atoms with Gasteiger partial charge in [0.25, 0.3) is 0 Å². The summed E-state index contributed by atoms with van der Waals surface area (Å²) in [5.74, 6) is 1.18. The van der Waals surface area contributed by atoms with Gasteiger partial charge >= 0.3 is 0 Å². The molecule has 1 saturated carbocycles. The van der Waals surface area contributed by atoms with Crippen LogP contribution < -0.4 is 5.32 Å². The Labute approximate surface area is 129 Å². The Kier molecular flexibility index (Phi) is 5.17. The molecule has 1 atom stereocenters. The van der Waals surface area contributed by atoms with Gasteiger partial charge in [-0.05, 0) is 77.4 Å². The molecule has 3 fully saturated rings. The lowest BCUT2D eigenvalue weighted by Gasteiger charge is -2.38. The molecule has 0 radical (unpaired) electrons. The van der Waals surface area contributed by atoms with Crippen molar-refractivity contribution in [2.45, 2.75) is 64.0 Å². The molecule has 2 heterocycles. The summed E-state index contributed by atoms with van der Waals surface area (Å²) in [5, 5.41) is 3.65. The summed E-state index contributed by atoms with van der Waals surface area (Å²) < 4.78 is 0. The number of hydrogen-bond donors (Lipinski definition) is 1. The predicted molar refractivity (Wildman–Crippen MR) is 85.2 cm³/mol. The SMILES string of the molecule is CC(C(=O)N1CCCCC1)N1CCC(CNC2CC2)CC1. The van der Waals surface area contributed by atoms with E-state index in [0.29, 0.717) is 5.91 Å². The predicted octanol–water partition coefficient (Wildman–Crippen LogP) is 1.85. The van der Waals surface area contributed by atoms with E-state index < -0.39 is 0 Å². The highest BCUT2D eigenvalue weighted by atomic mass is 16.2. The van der Waals surface area contributed by atoms with E-state index in [0.717, 1.165) is 38.1 Å². The molecule has 120 valence electrons. The van der Waals surface area contributed by atoms with Crippen LogP contribution in [0.5, 0.6) is 0 Å². The lowest BCUT2D eigenvalue weighted by Crippen LogP contribution is -2.51. The number of rotatable bonds is 5. The molecule has 3 aliphatic rings. The van der Waals surface area contributed by atoms with Crippen LogP contribution in [-0.4, -0.2) is 60.5 Å². The van der Waals surface area contributed by atoms with E-state index in [1.54, 1.807) is 0 Å². The minimum absolute atomic E-state index is 0.0837. The zero-order valence-electron chi connectivity index (χ0n) is 13.5. The molecule has 3 rings (SSSR count). The van der Waals surface area contributed by atoms with Gasteiger partial charge in [-0.15, -0.1) is 0 Å². The second-order valence-electron chi connectivity index (χ2n) is 7.22. The molecule has 0 aromatic heterocycles. The highest BCUT2D eigenvalue weighted by Crippen LogP contribution is 2.23. The molecule has 4 heteroatoms. The minimum atomic E-state index is 0.0837. The van der Waals surface area contributed by atoms with Crippen LogP contribution in [0.4, 0.5) is 0 Å². The fraction of sp³-hybridized carbons (Fsp3) is 0.941. The Morgan fingerprint density at radius 1 is 1.05 bits per heavy atom. The maximum Gasteiger partial charge on any atom is 0.239 e. The number of hydrogen-bond acceptors (Lipinski definition) is 3. The van der Waals surface area contributed by atoms with Crippen molar-refractivity contribution in [1.29, 1.82) is 0 Å². The van der Waals surface area contributed by atoms with Crippen LogP contribution in [0.1, 0.15) is 51.9 Å². The third-order valence-corrected chi connectivity index (χ3v) is 5.49. The summed E-state index contributed by atoms with van der Waals surface area (Å²) in [6, 6.07) is 0.906. The van der Waals surface area contributed by atoms with E-state index in [2.05, 4.69) is 22.0 Å². The Balaban J connectivity index is 1.40. The Morgan fingerprint density at radius 3 is 2.33 bits per heavy atom. The van der Waals surface area contributed by atoms with Gasteiger partial charge in [0.2, 0.25) is 5.91 Å². The third-order valence-electron chi connectivity index (χ3n) is 5.49. The van der Waals surface area contributed by atoms with Crippen molar-refractivity contribution in [1.82, 2.24) is 15.1 Å². The lowest BCUT2D eigenvalue weighted by molar-refractivity contribution is -0.137. The third kappa shape index (κ3) is 4.19. The number of carbonyl (C=O) groups excluding carboxylic acids is 1. The summed E-state index contributed by atoms with van der Waals surface area (Å²) in [7, 11) is 0. The van der Waals surface area contributed by atoms with Crippen LogP contribution in [0, 0.1) is 5.92 Å². The van der Waals surface area contributed by atoms with Crippen molar-refractivity contribution in [3.05, 3.63) is 0 Å². The molecule has 2 saturated heterocycles. The summed E-state index contributed by atoms with van der Waals surface area (Å²) in [6.07, 6.45) is 8.91. The normalized spacial score (nSPS) is 26.8. The topological polar surface area (TPSA) is 35.6 Å². The molecular formula is C17H31N3O. The van der Waals surface area contributed by atoms with Gasteiger partial charge in [0.05, 0.1) is 6.04 Å².